The Labute approximate surface area is 606 Å². The summed E-state index contributed by atoms with van der Waals surface area (Å²) in [5.74, 6) is -2.35. The van der Waals surface area contributed by atoms with Crippen molar-refractivity contribution in [3.05, 3.63) is 122 Å². The Morgan fingerprint density at radius 1 is 0.300 bits per heavy atom. The molecule has 0 rings (SSSR count). The van der Waals surface area contributed by atoms with E-state index < -0.39 is 97.5 Å². The van der Waals surface area contributed by atoms with Crippen molar-refractivity contribution in [3.63, 3.8) is 0 Å². The van der Waals surface area contributed by atoms with Gasteiger partial charge in [0.15, 0.2) is 12.2 Å². The maximum Gasteiger partial charge on any atom is 0.472 e. The molecule has 0 radical (unpaired) electrons. The third-order valence-electron chi connectivity index (χ3n) is 15.9. The summed E-state index contributed by atoms with van der Waals surface area (Å²) in [5, 5.41) is 10.6. The van der Waals surface area contributed by atoms with E-state index in [4.69, 9.17) is 37.0 Å². The second kappa shape index (κ2) is 72.8. The first-order chi connectivity index (χ1) is 48.7. The van der Waals surface area contributed by atoms with Crippen molar-refractivity contribution in [2.45, 2.75) is 329 Å². The summed E-state index contributed by atoms with van der Waals surface area (Å²) in [4.78, 5) is 72.8. The minimum atomic E-state index is -5.00. The largest absolute Gasteiger partial charge is 0.472 e. The molecule has 0 saturated carbocycles. The lowest BCUT2D eigenvalue weighted by Gasteiger charge is -2.21. The van der Waals surface area contributed by atoms with Crippen LogP contribution in [0.5, 0.6) is 0 Å². The molecule has 0 amide bonds. The van der Waals surface area contributed by atoms with Crippen LogP contribution in [0, 0.1) is 0 Å². The Morgan fingerprint density at radius 2 is 0.560 bits per heavy atom. The predicted molar refractivity (Wildman–Crippen MR) is 408 cm³/mol. The molecule has 0 bridgehead atoms. The highest BCUT2D eigenvalue weighted by atomic mass is 31.2. The number of unbranched alkanes of at least 4 members (excludes halogenated alkanes) is 27. The number of aliphatic hydroxyl groups excluding tert-OH is 1. The van der Waals surface area contributed by atoms with Gasteiger partial charge in [0.2, 0.25) is 0 Å². The Hall–Kier alpha value is -4.54. The molecule has 0 aliphatic rings. The van der Waals surface area contributed by atoms with Gasteiger partial charge < -0.3 is 33.8 Å². The normalized spacial score (nSPS) is 14.6. The van der Waals surface area contributed by atoms with E-state index in [2.05, 4.69) is 125 Å². The Kier molecular flexibility index (Phi) is 69.5. The summed E-state index contributed by atoms with van der Waals surface area (Å²) < 4.78 is 68.4. The fourth-order valence-electron chi connectivity index (χ4n) is 10.1. The number of hydrogen-bond acceptors (Lipinski definition) is 15. The van der Waals surface area contributed by atoms with E-state index in [0.29, 0.717) is 25.7 Å². The zero-order valence-corrected chi connectivity index (χ0v) is 64.4. The Morgan fingerprint density at radius 3 is 0.910 bits per heavy atom. The van der Waals surface area contributed by atoms with E-state index in [1.54, 1.807) is 12.2 Å². The molecule has 3 N–H and O–H groups in total. The molecule has 0 fully saturated rings. The molecule has 0 aliphatic carbocycles. The molecule has 5 unspecified atom stereocenters. The van der Waals surface area contributed by atoms with Crippen molar-refractivity contribution in [1.29, 1.82) is 0 Å². The second-order valence-corrected chi connectivity index (χ2v) is 28.5. The lowest BCUT2D eigenvalue weighted by Crippen LogP contribution is -2.30. The van der Waals surface area contributed by atoms with Crippen LogP contribution in [0.25, 0.3) is 0 Å². The molecule has 0 saturated heterocycles. The number of esters is 4. The third-order valence-corrected chi connectivity index (χ3v) is 17.8. The molecule has 0 aromatic rings. The van der Waals surface area contributed by atoms with Crippen molar-refractivity contribution < 1.29 is 80.2 Å². The first-order valence-corrected chi connectivity index (χ1v) is 41.8. The van der Waals surface area contributed by atoms with Gasteiger partial charge in [-0.3, -0.25) is 37.3 Å². The van der Waals surface area contributed by atoms with E-state index in [9.17, 15) is 43.2 Å². The highest BCUT2D eigenvalue weighted by Crippen LogP contribution is 2.45. The maximum absolute atomic E-state index is 13.1. The zero-order valence-electron chi connectivity index (χ0n) is 62.6. The standard InChI is InChI=1S/C81H138O17P2/c1-5-9-13-17-21-25-29-33-36-37-40-43-46-50-54-58-62-66-79(84)92-72-77(98-81(86)68-64-60-56-52-48-44-39-35-31-27-23-19-15-11-7-3)74-96-100(89,90)94-70-75(82)69-93-99(87,88)95-73-76(97-80(85)67-63-59-55-51-47-41-32-28-24-20-16-12-8-4)71-91-78(83)65-61-57-53-49-45-42-38-34-30-26-22-18-14-10-6-2/h9,11,13,15,21,23,25,27-28,32-36,38-39,48,52,60,64,75-77,82H,5-8,10,12,14,16-20,22,24,26,29-31,37,40-47,49-51,53-59,61-63,65-74H2,1-4H3,(H,87,88)(H,89,90)/b13-9-,15-11-,25-21-,27-23-,32-28-,36-33-,38-34-,39-35-,52-48-,64-60-. The summed E-state index contributed by atoms with van der Waals surface area (Å²) in [6, 6.07) is 0. The van der Waals surface area contributed by atoms with Gasteiger partial charge in [-0.25, -0.2) is 9.13 Å². The minimum Gasteiger partial charge on any atom is -0.462 e. The SMILES string of the molecule is CC/C=C\C/C=C\C/C=C\C/C=C\C/C=C\CC(=O)OC(COC(=O)CCCCCCCCC/C=C\C/C=C\C/C=C\CC)COP(=O)(O)OCC(O)COP(=O)(O)OCC(COC(=O)CCCCCCC/C=C\CCCCCCCC)OC(=O)CCCCCCC/C=C\CCCCCC. The van der Waals surface area contributed by atoms with Crippen LogP contribution in [0.4, 0.5) is 0 Å². The minimum absolute atomic E-state index is 0.0801. The van der Waals surface area contributed by atoms with Gasteiger partial charge in [0.25, 0.3) is 0 Å². The lowest BCUT2D eigenvalue weighted by atomic mass is 10.1. The smallest absolute Gasteiger partial charge is 0.462 e. The van der Waals surface area contributed by atoms with Gasteiger partial charge in [0.1, 0.15) is 19.3 Å². The van der Waals surface area contributed by atoms with Gasteiger partial charge in [-0.15, -0.1) is 0 Å². The van der Waals surface area contributed by atoms with Crippen molar-refractivity contribution in [2.24, 2.45) is 0 Å². The predicted octanol–water partition coefficient (Wildman–Crippen LogP) is 22.3. The molecular weight excluding hydrogens is 1310 g/mol. The second-order valence-electron chi connectivity index (χ2n) is 25.5. The molecule has 17 nitrogen and oxygen atoms in total. The first kappa shape index (κ1) is 95.5. The van der Waals surface area contributed by atoms with Crippen LogP contribution in [-0.2, 0) is 65.4 Å². The molecule has 0 spiro atoms. The van der Waals surface area contributed by atoms with E-state index in [-0.39, 0.29) is 25.7 Å². The molecule has 100 heavy (non-hydrogen) atoms. The lowest BCUT2D eigenvalue weighted by molar-refractivity contribution is -0.161. The van der Waals surface area contributed by atoms with Crippen molar-refractivity contribution >= 4 is 39.5 Å². The van der Waals surface area contributed by atoms with Crippen molar-refractivity contribution in [2.75, 3.05) is 39.6 Å². The molecular formula is C81H138O17P2. The van der Waals surface area contributed by atoms with E-state index >= 15 is 0 Å². The summed E-state index contributed by atoms with van der Waals surface area (Å²) in [6.45, 7) is 4.49. The number of carbonyl (C=O) groups excluding carboxylic acids is 4. The van der Waals surface area contributed by atoms with Gasteiger partial charge in [-0.2, -0.15) is 0 Å². The molecule has 0 heterocycles. The number of phosphoric acid groups is 2. The van der Waals surface area contributed by atoms with Gasteiger partial charge in [-0.1, -0.05) is 271 Å². The summed E-state index contributed by atoms with van der Waals surface area (Å²) in [7, 11) is -9.99. The van der Waals surface area contributed by atoms with Crippen molar-refractivity contribution in [1.82, 2.24) is 0 Å². The number of allylic oxidation sites excluding steroid dienone is 19. The average Bonchev–Trinajstić information content (AvgIpc) is 0.932. The Balaban J connectivity index is 5.42. The van der Waals surface area contributed by atoms with Gasteiger partial charge in [-0.05, 0) is 135 Å². The summed E-state index contributed by atoms with van der Waals surface area (Å²) in [6.07, 6.45) is 79.3. The fourth-order valence-corrected chi connectivity index (χ4v) is 11.6. The molecule has 19 heteroatoms. The molecule has 0 aliphatic heterocycles. The van der Waals surface area contributed by atoms with E-state index in [1.165, 1.54) is 64.2 Å². The van der Waals surface area contributed by atoms with Crippen LogP contribution in [0.1, 0.15) is 310 Å². The number of rotatable bonds is 72. The van der Waals surface area contributed by atoms with E-state index in [0.717, 1.165) is 167 Å². The van der Waals surface area contributed by atoms with Crippen molar-refractivity contribution in [3.8, 4) is 0 Å². The topological polar surface area (TPSA) is 237 Å². The van der Waals surface area contributed by atoms with Crippen LogP contribution in [0.15, 0.2) is 122 Å². The quantitative estimate of drug-likeness (QED) is 0.0169. The maximum atomic E-state index is 13.1. The number of hydrogen-bond donors (Lipinski definition) is 3. The van der Waals surface area contributed by atoms with Gasteiger partial charge >= 0.3 is 39.5 Å². The monoisotopic (exact) mass is 1440 g/mol. The fraction of sp³-hybridized carbons (Fsp3) is 0.704. The number of ether oxygens (including phenoxy) is 4. The summed E-state index contributed by atoms with van der Waals surface area (Å²) >= 11 is 0. The van der Waals surface area contributed by atoms with Crippen LogP contribution in [0.2, 0.25) is 0 Å². The zero-order chi connectivity index (χ0) is 73.2. The molecule has 5 atom stereocenters. The van der Waals surface area contributed by atoms with Crippen LogP contribution >= 0.6 is 15.6 Å². The first-order valence-electron chi connectivity index (χ1n) is 38.8. The average molecular weight is 1450 g/mol. The van der Waals surface area contributed by atoms with Crippen LogP contribution < -0.4 is 0 Å². The van der Waals surface area contributed by atoms with Crippen LogP contribution in [0.3, 0.4) is 0 Å². The summed E-state index contributed by atoms with van der Waals surface area (Å²) in [5.41, 5.74) is 0. The molecule has 574 valence electrons. The number of aliphatic hydroxyl groups is 1. The third kappa shape index (κ3) is 71.8. The Bertz CT molecular complexity index is 2370. The van der Waals surface area contributed by atoms with Gasteiger partial charge in [0, 0.05) is 19.3 Å². The number of phosphoric ester groups is 2. The molecule has 0 aromatic carbocycles. The number of carbonyl (C=O) groups is 4. The van der Waals surface area contributed by atoms with Crippen LogP contribution in [-0.4, -0.2) is 96.7 Å². The van der Waals surface area contributed by atoms with E-state index in [1.807, 2.05) is 12.2 Å². The van der Waals surface area contributed by atoms with Gasteiger partial charge in [0.05, 0.1) is 32.8 Å². The highest BCUT2D eigenvalue weighted by molar-refractivity contribution is 7.47. The highest BCUT2D eigenvalue weighted by Gasteiger charge is 2.30. The molecule has 0 aromatic heterocycles.